The third kappa shape index (κ3) is 6.88. The highest BCUT2D eigenvalue weighted by Gasteiger charge is 2.29. The Morgan fingerprint density at radius 2 is 1.38 bits per heavy atom. The molecule has 2 aromatic carbocycles. The average molecular weight is 348 g/mol. The van der Waals surface area contributed by atoms with E-state index in [1.54, 1.807) is 0 Å². The summed E-state index contributed by atoms with van der Waals surface area (Å²) in [4.78, 5) is 0. The average Bonchev–Trinajstić information content (AvgIpc) is 2.68. The Bertz CT molecular complexity index is 650. The minimum absolute atomic E-state index is 0.172. The van der Waals surface area contributed by atoms with E-state index in [9.17, 15) is 0 Å². The van der Waals surface area contributed by atoms with Crippen molar-refractivity contribution in [3.8, 4) is 11.8 Å². The Labute approximate surface area is 157 Å². The molecule has 0 unspecified atom stereocenters. The van der Waals surface area contributed by atoms with E-state index in [0.29, 0.717) is 26.4 Å². The SMILES string of the molecule is C=CCC(CC#CC)(COCc1ccccc1)COCc1ccccc1. The van der Waals surface area contributed by atoms with Gasteiger partial charge in [0.05, 0.1) is 26.4 Å². The second kappa shape index (κ2) is 11.3. The van der Waals surface area contributed by atoms with E-state index in [0.717, 1.165) is 12.8 Å². The Balaban J connectivity index is 1.96. The Kier molecular flexibility index (Phi) is 8.69. The standard InChI is InChI=1S/C24H28O2/c1-3-5-17-24(16-4-2,20-25-18-22-12-8-6-9-13-22)21-26-19-23-14-10-7-11-15-23/h4,6-15H,2,16-21H2,1H3. The molecule has 0 spiro atoms. The molecule has 0 N–H and O–H groups in total. The van der Waals surface area contributed by atoms with E-state index >= 15 is 0 Å². The van der Waals surface area contributed by atoms with Gasteiger partial charge in [0.2, 0.25) is 0 Å². The van der Waals surface area contributed by atoms with Crippen LogP contribution in [-0.4, -0.2) is 13.2 Å². The van der Waals surface area contributed by atoms with Crippen molar-refractivity contribution < 1.29 is 9.47 Å². The molecule has 0 aromatic heterocycles. The summed E-state index contributed by atoms with van der Waals surface area (Å²) < 4.78 is 12.1. The van der Waals surface area contributed by atoms with Gasteiger partial charge < -0.3 is 9.47 Å². The van der Waals surface area contributed by atoms with E-state index in [4.69, 9.17) is 9.47 Å². The lowest BCUT2D eigenvalue weighted by molar-refractivity contribution is -0.0293. The molecule has 2 nitrogen and oxygen atoms in total. The van der Waals surface area contributed by atoms with Gasteiger partial charge in [-0.05, 0) is 24.5 Å². The first kappa shape index (κ1) is 20.0. The maximum absolute atomic E-state index is 6.04. The Morgan fingerprint density at radius 1 is 0.885 bits per heavy atom. The monoisotopic (exact) mass is 348 g/mol. The van der Waals surface area contributed by atoms with Gasteiger partial charge in [0.1, 0.15) is 0 Å². The Morgan fingerprint density at radius 3 is 1.81 bits per heavy atom. The fraction of sp³-hybridized carbons (Fsp3) is 0.333. The molecule has 26 heavy (non-hydrogen) atoms. The van der Waals surface area contributed by atoms with Crippen LogP contribution in [0.5, 0.6) is 0 Å². The lowest BCUT2D eigenvalue weighted by Gasteiger charge is -2.31. The quantitative estimate of drug-likeness (QED) is 0.400. The summed E-state index contributed by atoms with van der Waals surface area (Å²) in [7, 11) is 0. The van der Waals surface area contributed by atoms with E-state index in [2.05, 4.69) is 42.7 Å². The minimum Gasteiger partial charge on any atom is -0.376 e. The maximum Gasteiger partial charge on any atom is 0.0717 e. The van der Waals surface area contributed by atoms with Gasteiger partial charge in [0.15, 0.2) is 0 Å². The fourth-order valence-electron chi connectivity index (χ4n) is 2.84. The minimum atomic E-state index is -0.172. The number of benzene rings is 2. The van der Waals surface area contributed by atoms with Crippen molar-refractivity contribution >= 4 is 0 Å². The molecule has 0 saturated carbocycles. The summed E-state index contributed by atoms with van der Waals surface area (Å²) >= 11 is 0. The molecule has 0 bridgehead atoms. The number of hydrogen-bond donors (Lipinski definition) is 0. The van der Waals surface area contributed by atoms with Gasteiger partial charge in [-0.15, -0.1) is 18.4 Å². The maximum atomic E-state index is 6.04. The van der Waals surface area contributed by atoms with Crippen molar-refractivity contribution in [3.05, 3.63) is 84.4 Å². The number of hydrogen-bond acceptors (Lipinski definition) is 2. The van der Waals surface area contributed by atoms with Crippen molar-refractivity contribution in [2.45, 2.75) is 33.0 Å². The summed E-state index contributed by atoms with van der Waals surface area (Å²) in [6.45, 7) is 8.18. The first-order valence-corrected chi connectivity index (χ1v) is 9.02. The van der Waals surface area contributed by atoms with Crippen LogP contribution in [0.4, 0.5) is 0 Å². The molecule has 0 fully saturated rings. The van der Waals surface area contributed by atoms with Crippen LogP contribution in [0.25, 0.3) is 0 Å². The second-order valence-corrected chi connectivity index (χ2v) is 6.55. The van der Waals surface area contributed by atoms with Gasteiger partial charge >= 0.3 is 0 Å². The van der Waals surface area contributed by atoms with E-state index in [-0.39, 0.29) is 5.41 Å². The van der Waals surface area contributed by atoms with E-state index in [1.807, 2.05) is 49.4 Å². The fourth-order valence-corrected chi connectivity index (χ4v) is 2.84. The van der Waals surface area contributed by atoms with Crippen LogP contribution in [0.1, 0.15) is 30.9 Å². The summed E-state index contributed by atoms with van der Waals surface area (Å²) in [5.41, 5.74) is 2.17. The molecule has 136 valence electrons. The van der Waals surface area contributed by atoms with Crippen LogP contribution in [0.15, 0.2) is 73.3 Å². The molecule has 0 aliphatic heterocycles. The first-order chi connectivity index (χ1) is 12.8. The van der Waals surface area contributed by atoms with E-state index < -0.39 is 0 Å². The van der Waals surface area contributed by atoms with Crippen LogP contribution in [0, 0.1) is 17.3 Å². The van der Waals surface area contributed by atoms with Gasteiger partial charge in [0.25, 0.3) is 0 Å². The highest BCUT2D eigenvalue weighted by Crippen LogP contribution is 2.29. The van der Waals surface area contributed by atoms with E-state index in [1.165, 1.54) is 11.1 Å². The molecule has 2 rings (SSSR count). The number of allylic oxidation sites excluding steroid dienone is 1. The molecule has 0 radical (unpaired) electrons. The van der Waals surface area contributed by atoms with Crippen LogP contribution < -0.4 is 0 Å². The molecule has 0 aliphatic rings. The molecular weight excluding hydrogens is 320 g/mol. The first-order valence-electron chi connectivity index (χ1n) is 9.02. The highest BCUT2D eigenvalue weighted by atomic mass is 16.5. The predicted molar refractivity (Wildman–Crippen MR) is 108 cm³/mol. The molecule has 0 amide bonds. The zero-order valence-electron chi connectivity index (χ0n) is 15.6. The summed E-state index contributed by atoms with van der Waals surface area (Å²) in [6.07, 6.45) is 3.49. The zero-order valence-corrected chi connectivity index (χ0v) is 15.6. The molecule has 2 heteroatoms. The third-order valence-corrected chi connectivity index (χ3v) is 4.26. The largest absolute Gasteiger partial charge is 0.376 e. The third-order valence-electron chi connectivity index (χ3n) is 4.26. The molecule has 0 saturated heterocycles. The molecule has 0 aliphatic carbocycles. The second-order valence-electron chi connectivity index (χ2n) is 6.55. The van der Waals surface area contributed by atoms with Gasteiger partial charge in [-0.1, -0.05) is 66.7 Å². The molecule has 0 atom stereocenters. The topological polar surface area (TPSA) is 18.5 Å². The van der Waals surface area contributed by atoms with Gasteiger partial charge in [0, 0.05) is 11.8 Å². The van der Waals surface area contributed by atoms with Crippen LogP contribution in [0.2, 0.25) is 0 Å². The van der Waals surface area contributed by atoms with Gasteiger partial charge in [-0.3, -0.25) is 0 Å². The van der Waals surface area contributed by atoms with Gasteiger partial charge in [-0.25, -0.2) is 0 Å². The summed E-state index contributed by atoms with van der Waals surface area (Å²) in [5, 5.41) is 0. The van der Waals surface area contributed by atoms with Crippen LogP contribution in [-0.2, 0) is 22.7 Å². The molecule has 0 heterocycles. The number of ether oxygens (including phenoxy) is 2. The normalized spacial score (nSPS) is 10.8. The van der Waals surface area contributed by atoms with Crippen molar-refractivity contribution in [3.63, 3.8) is 0 Å². The Hall–Kier alpha value is -2.34. The van der Waals surface area contributed by atoms with Crippen molar-refractivity contribution in [1.82, 2.24) is 0 Å². The molecule has 2 aromatic rings. The lowest BCUT2D eigenvalue weighted by Crippen LogP contribution is -2.32. The van der Waals surface area contributed by atoms with Crippen molar-refractivity contribution in [2.75, 3.05) is 13.2 Å². The summed E-state index contributed by atoms with van der Waals surface area (Å²) in [5.74, 6) is 6.22. The van der Waals surface area contributed by atoms with Crippen molar-refractivity contribution in [2.24, 2.45) is 5.41 Å². The van der Waals surface area contributed by atoms with Crippen LogP contribution in [0.3, 0.4) is 0 Å². The number of rotatable bonds is 11. The summed E-state index contributed by atoms with van der Waals surface area (Å²) in [6, 6.07) is 20.4. The lowest BCUT2D eigenvalue weighted by atomic mass is 9.83. The zero-order chi connectivity index (χ0) is 18.5. The smallest absolute Gasteiger partial charge is 0.0717 e. The molecular formula is C24H28O2. The van der Waals surface area contributed by atoms with Gasteiger partial charge in [-0.2, -0.15) is 0 Å². The van der Waals surface area contributed by atoms with Crippen molar-refractivity contribution in [1.29, 1.82) is 0 Å². The highest BCUT2D eigenvalue weighted by molar-refractivity contribution is 5.14. The van der Waals surface area contributed by atoms with Crippen LogP contribution >= 0.6 is 0 Å². The predicted octanol–water partition coefficient (Wildman–Crippen LogP) is 5.40.